The van der Waals surface area contributed by atoms with E-state index in [4.69, 9.17) is 4.42 Å². The van der Waals surface area contributed by atoms with Gasteiger partial charge in [-0.15, -0.1) is 0 Å². The number of sulfonamides is 1. The van der Waals surface area contributed by atoms with Crippen LogP contribution in [0.25, 0.3) is 0 Å². The monoisotopic (exact) mass is 416 g/mol. The minimum atomic E-state index is -3.73. The lowest BCUT2D eigenvalue weighted by Gasteiger charge is -2.12. The molecule has 1 aromatic heterocycles. The molecule has 1 N–H and O–H groups in total. The first-order valence-electron chi connectivity index (χ1n) is 7.24. The Morgan fingerprint density at radius 1 is 1.21 bits per heavy atom. The molecule has 0 unspecified atom stereocenters. The summed E-state index contributed by atoms with van der Waals surface area (Å²) >= 11 is 3.12. The van der Waals surface area contributed by atoms with Crippen LogP contribution in [0.1, 0.15) is 23.4 Å². The number of halogens is 2. The van der Waals surface area contributed by atoms with Crippen molar-refractivity contribution in [1.82, 2.24) is 4.31 Å². The van der Waals surface area contributed by atoms with Crippen LogP contribution in [0, 0.1) is 5.82 Å². The Hall–Kier alpha value is -1.71. The second-order valence-corrected chi connectivity index (χ2v) is 8.09. The summed E-state index contributed by atoms with van der Waals surface area (Å²) in [5.41, 5.74) is -0.0245. The van der Waals surface area contributed by atoms with Crippen molar-refractivity contribution < 1.29 is 22.0 Å². The predicted octanol–water partition coefficient (Wildman–Crippen LogP) is 3.22. The summed E-state index contributed by atoms with van der Waals surface area (Å²) in [6.07, 6.45) is 1.60. The molecule has 24 heavy (non-hydrogen) atoms. The van der Waals surface area contributed by atoms with Gasteiger partial charge in [-0.2, -0.15) is 4.31 Å². The number of benzene rings is 1. The molecular weight excluding hydrogens is 403 g/mol. The largest absolute Gasteiger partial charge is 0.438 e. The number of hydrogen-bond acceptors (Lipinski definition) is 4. The molecule has 0 atom stereocenters. The molecule has 128 valence electrons. The molecule has 2 aromatic rings. The van der Waals surface area contributed by atoms with E-state index < -0.39 is 21.7 Å². The molecule has 6 nitrogen and oxygen atoms in total. The summed E-state index contributed by atoms with van der Waals surface area (Å²) in [5, 5.41) is 2.06. The lowest BCUT2D eigenvalue weighted by Crippen LogP contribution is -2.27. The highest BCUT2D eigenvalue weighted by Gasteiger charge is 2.30. The highest BCUT2D eigenvalue weighted by atomic mass is 79.9. The SMILES string of the molecule is O=C(Nc1ccc(Br)cc1F)c1ccc(S(=O)(=O)N2CCCC2)o1. The van der Waals surface area contributed by atoms with E-state index in [-0.39, 0.29) is 16.5 Å². The van der Waals surface area contributed by atoms with Gasteiger partial charge in [-0.25, -0.2) is 12.8 Å². The summed E-state index contributed by atoms with van der Waals surface area (Å²) in [6, 6.07) is 6.67. The van der Waals surface area contributed by atoms with Crippen molar-refractivity contribution in [3.05, 3.63) is 46.4 Å². The summed E-state index contributed by atoms with van der Waals surface area (Å²) in [4.78, 5) is 12.1. The van der Waals surface area contributed by atoms with Crippen LogP contribution in [-0.4, -0.2) is 31.7 Å². The summed E-state index contributed by atoms with van der Waals surface area (Å²) in [5.74, 6) is -1.54. The third kappa shape index (κ3) is 3.38. The zero-order valence-corrected chi connectivity index (χ0v) is 14.9. The van der Waals surface area contributed by atoms with Crippen molar-refractivity contribution >= 4 is 37.5 Å². The molecule has 0 spiro atoms. The molecule has 2 heterocycles. The smallest absolute Gasteiger partial charge is 0.291 e. The third-order valence-corrected chi connectivity index (χ3v) is 5.91. The first-order valence-corrected chi connectivity index (χ1v) is 9.47. The van der Waals surface area contributed by atoms with E-state index in [1.54, 1.807) is 6.07 Å². The van der Waals surface area contributed by atoms with E-state index in [0.29, 0.717) is 17.6 Å². The van der Waals surface area contributed by atoms with Crippen LogP contribution in [-0.2, 0) is 10.0 Å². The average molecular weight is 417 g/mol. The maximum atomic E-state index is 13.7. The number of carbonyl (C=O) groups is 1. The number of anilines is 1. The van der Waals surface area contributed by atoms with Gasteiger partial charge in [0.05, 0.1) is 5.69 Å². The molecular formula is C15H14BrFN2O4S. The van der Waals surface area contributed by atoms with E-state index in [1.165, 1.54) is 28.6 Å². The normalized spacial score (nSPS) is 15.6. The summed E-state index contributed by atoms with van der Waals surface area (Å²) in [7, 11) is -3.73. The maximum absolute atomic E-state index is 13.7. The Morgan fingerprint density at radius 2 is 1.92 bits per heavy atom. The van der Waals surface area contributed by atoms with E-state index >= 15 is 0 Å². The number of rotatable bonds is 4. The molecule has 0 radical (unpaired) electrons. The van der Waals surface area contributed by atoms with E-state index in [9.17, 15) is 17.6 Å². The highest BCUT2D eigenvalue weighted by Crippen LogP contribution is 2.24. The molecule has 0 aliphatic carbocycles. The number of furan rings is 1. The fourth-order valence-corrected chi connectivity index (χ4v) is 4.17. The standard InChI is InChI=1S/C15H14BrFN2O4S/c16-10-3-4-12(11(17)9-10)18-15(20)13-5-6-14(23-13)24(21,22)19-7-1-2-8-19/h3-6,9H,1-2,7-8H2,(H,18,20). The maximum Gasteiger partial charge on any atom is 0.291 e. The Bertz CT molecular complexity index is 875. The molecule has 1 saturated heterocycles. The topological polar surface area (TPSA) is 79.6 Å². The van der Waals surface area contributed by atoms with Crippen LogP contribution in [0.15, 0.2) is 44.3 Å². The number of nitrogens with zero attached hydrogens (tertiary/aromatic N) is 1. The van der Waals surface area contributed by atoms with Crippen molar-refractivity contribution in [1.29, 1.82) is 0 Å². The van der Waals surface area contributed by atoms with Crippen molar-refractivity contribution in [3.63, 3.8) is 0 Å². The van der Waals surface area contributed by atoms with Crippen molar-refractivity contribution in [3.8, 4) is 0 Å². The van der Waals surface area contributed by atoms with Crippen LogP contribution in [0.5, 0.6) is 0 Å². The second kappa shape index (κ2) is 6.66. The van der Waals surface area contributed by atoms with Crippen LogP contribution >= 0.6 is 15.9 Å². The molecule has 3 rings (SSSR count). The van der Waals surface area contributed by atoms with Crippen molar-refractivity contribution in [2.75, 3.05) is 18.4 Å². The Kier molecular flexibility index (Phi) is 4.75. The van der Waals surface area contributed by atoms with Crippen LogP contribution in [0.4, 0.5) is 10.1 Å². The Balaban J connectivity index is 1.78. The fourth-order valence-electron chi connectivity index (χ4n) is 2.41. The third-order valence-electron chi connectivity index (χ3n) is 3.64. The first kappa shape index (κ1) is 17.1. The number of nitrogens with one attached hydrogen (secondary N) is 1. The van der Waals surface area contributed by atoms with Gasteiger partial charge in [-0.1, -0.05) is 15.9 Å². The molecule has 9 heteroatoms. The number of amides is 1. The molecule has 1 aromatic carbocycles. The summed E-state index contributed by atoms with van der Waals surface area (Å²) in [6.45, 7) is 0.878. The van der Waals surface area contributed by atoms with Gasteiger partial charge in [0.2, 0.25) is 5.09 Å². The van der Waals surface area contributed by atoms with Gasteiger partial charge in [0.1, 0.15) is 5.82 Å². The minimum absolute atomic E-state index is 0.0245. The summed E-state index contributed by atoms with van der Waals surface area (Å²) < 4.78 is 45.5. The van der Waals surface area contributed by atoms with Gasteiger partial charge in [-0.3, -0.25) is 4.79 Å². The molecule has 1 amide bonds. The van der Waals surface area contributed by atoms with Gasteiger partial charge < -0.3 is 9.73 Å². The molecule has 1 aliphatic rings. The van der Waals surface area contributed by atoms with Crippen LogP contribution in [0.3, 0.4) is 0 Å². The lowest BCUT2D eigenvalue weighted by atomic mass is 10.3. The highest BCUT2D eigenvalue weighted by molar-refractivity contribution is 9.10. The van der Waals surface area contributed by atoms with Gasteiger partial charge in [-0.05, 0) is 43.2 Å². The molecule has 0 saturated carbocycles. The predicted molar refractivity (Wildman–Crippen MR) is 88.8 cm³/mol. The second-order valence-electron chi connectivity index (χ2n) is 5.31. The Morgan fingerprint density at radius 3 is 2.58 bits per heavy atom. The van der Waals surface area contributed by atoms with Gasteiger partial charge in [0.25, 0.3) is 15.9 Å². The molecule has 1 fully saturated rings. The van der Waals surface area contributed by atoms with E-state index in [1.807, 2.05) is 0 Å². The first-order chi connectivity index (χ1) is 11.4. The number of hydrogen-bond donors (Lipinski definition) is 1. The lowest BCUT2D eigenvalue weighted by molar-refractivity contribution is 0.0991. The zero-order valence-electron chi connectivity index (χ0n) is 12.5. The van der Waals surface area contributed by atoms with Crippen LogP contribution < -0.4 is 5.32 Å². The van der Waals surface area contributed by atoms with Crippen molar-refractivity contribution in [2.24, 2.45) is 0 Å². The van der Waals surface area contributed by atoms with Crippen LogP contribution in [0.2, 0.25) is 0 Å². The quantitative estimate of drug-likeness (QED) is 0.829. The Labute approximate surface area is 146 Å². The van der Waals surface area contributed by atoms with Gasteiger partial charge >= 0.3 is 0 Å². The number of carbonyl (C=O) groups excluding carboxylic acids is 1. The molecule has 1 aliphatic heterocycles. The van der Waals surface area contributed by atoms with E-state index in [0.717, 1.165) is 12.8 Å². The van der Waals surface area contributed by atoms with Gasteiger partial charge in [0.15, 0.2) is 5.76 Å². The fraction of sp³-hybridized carbons (Fsp3) is 0.267. The average Bonchev–Trinajstić information content (AvgIpc) is 3.21. The van der Waals surface area contributed by atoms with Gasteiger partial charge in [0, 0.05) is 17.6 Å². The van der Waals surface area contributed by atoms with Crippen molar-refractivity contribution in [2.45, 2.75) is 17.9 Å². The molecule has 0 bridgehead atoms. The zero-order chi connectivity index (χ0) is 17.3. The van der Waals surface area contributed by atoms with E-state index in [2.05, 4.69) is 21.2 Å². The minimum Gasteiger partial charge on any atom is -0.438 e.